The van der Waals surface area contributed by atoms with Gasteiger partial charge in [-0.15, -0.1) is 11.3 Å². The lowest BCUT2D eigenvalue weighted by molar-refractivity contribution is -0.121. The molecule has 0 unspecified atom stereocenters. The van der Waals surface area contributed by atoms with E-state index in [2.05, 4.69) is 10.3 Å². The monoisotopic (exact) mass is 414 g/mol. The van der Waals surface area contributed by atoms with Gasteiger partial charge in [-0.05, 0) is 52.0 Å². The van der Waals surface area contributed by atoms with Crippen LogP contribution in [-0.2, 0) is 27.0 Å². The van der Waals surface area contributed by atoms with E-state index in [9.17, 15) is 17.6 Å². The molecule has 6 nitrogen and oxygen atoms in total. The van der Waals surface area contributed by atoms with E-state index in [1.165, 1.54) is 42.5 Å². The van der Waals surface area contributed by atoms with E-state index in [1.807, 2.05) is 0 Å². The molecule has 0 saturated heterocycles. The minimum Gasteiger partial charge on any atom is -0.486 e. The van der Waals surface area contributed by atoms with Crippen molar-refractivity contribution >= 4 is 27.1 Å². The molecule has 0 saturated carbocycles. The van der Waals surface area contributed by atoms with Crippen LogP contribution in [0.5, 0.6) is 5.75 Å². The van der Waals surface area contributed by atoms with Crippen molar-refractivity contribution in [1.82, 2.24) is 10.3 Å². The average Bonchev–Trinajstić information content (AvgIpc) is 2.98. The van der Waals surface area contributed by atoms with Gasteiger partial charge in [0, 0.05) is 10.9 Å². The van der Waals surface area contributed by atoms with E-state index in [0.29, 0.717) is 16.5 Å². The second-order valence-electron chi connectivity index (χ2n) is 7.16. The van der Waals surface area contributed by atoms with Crippen molar-refractivity contribution < 1.29 is 22.3 Å². The molecule has 148 valence electrons. The number of halogens is 1. The summed E-state index contributed by atoms with van der Waals surface area (Å²) in [5, 5.41) is 3.73. The van der Waals surface area contributed by atoms with Crippen LogP contribution in [0.4, 0.5) is 4.39 Å². The molecule has 2 aromatic rings. The Morgan fingerprint density at radius 1 is 1.30 bits per heavy atom. The third-order valence-electron chi connectivity index (χ3n) is 3.53. The van der Waals surface area contributed by atoms with Crippen molar-refractivity contribution in [3.05, 3.63) is 46.2 Å². The molecule has 0 aliphatic carbocycles. The number of thiazole rings is 1. The first-order valence-electron chi connectivity index (χ1n) is 8.31. The Labute approximate surface area is 162 Å². The Bertz CT molecular complexity index is 887. The molecular formula is C18H23FN2O4S2. The first-order chi connectivity index (χ1) is 12.5. The lowest BCUT2D eigenvalue weighted by Crippen LogP contribution is -2.47. The number of nitrogens with zero attached hydrogens (tertiary/aromatic N) is 1. The maximum Gasteiger partial charge on any atom is 0.238 e. The van der Waals surface area contributed by atoms with Crippen molar-refractivity contribution in [3.63, 3.8) is 0 Å². The molecule has 0 bridgehead atoms. The highest BCUT2D eigenvalue weighted by Crippen LogP contribution is 2.18. The smallest absolute Gasteiger partial charge is 0.238 e. The van der Waals surface area contributed by atoms with Crippen LogP contribution >= 0.6 is 11.3 Å². The van der Waals surface area contributed by atoms with Gasteiger partial charge in [-0.2, -0.15) is 0 Å². The quantitative estimate of drug-likeness (QED) is 0.753. The fourth-order valence-electron chi connectivity index (χ4n) is 2.12. The SMILES string of the molecule is C[C@H](C(=O)NC(C)(C)C)S(=O)(=O)Cc1csc(COc2ccc(F)cc2)n1. The molecule has 1 atom stereocenters. The molecule has 0 radical (unpaired) electrons. The number of ether oxygens (including phenoxy) is 1. The molecule has 9 heteroatoms. The molecule has 0 spiro atoms. The molecule has 1 N–H and O–H groups in total. The van der Waals surface area contributed by atoms with E-state index in [-0.39, 0.29) is 18.2 Å². The molecule has 1 aromatic heterocycles. The number of carbonyl (C=O) groups excluding carboxylic acids is 1. The molecule has 0 aliphatic rings. The number of benzene rings is 1. The molecule has 2 rings (SSSR count). The highest BCUT2D eigenvalue weighted by Gasteiger charge is 2.31. The fraction of sp³-hybridized carbons (Fsp3) is 0.444. The highest BCUT2D eigenvalue weighted by atomic mass is 32.2. The van der Waals surface area contributed by atoms with Gasteiger partial charge in [-0.25, -0.2) is 17.8 Å². The Hall–Kier alpha value is -2.00. The number of hydrogen-bond donors (Lipinski definition) is 1. The fourth-order valence-corrected chi connectivity index (χ4v) is 4.13. The molecule has 1 amide bonds. The first-order valence-corrected chi connectivity index (χ1v) is 10.9. The van der Waals surface area contributed by atoms with Crippen molar-refractivity contribution in [2.75, 3.05) is 0 Å². The number of aromatic nitrogens is 1. The summed E-state index contributed by atoms with van der Waals surface area (Å²) < 4.78 is 43.3. The Morgan fingerprint density at radius 2 is 1.93 bits per heavy atom. The summed E-state index contributed by atoms with van der Waals surface area (Å²) in [6.45, 7) is 6.89. The van der Waals surface area contributed by atoms with Crippen molar-refractivity contribution in [2.45, 2.75) is 50.8 Å². The normalized spacial score (nSPS) is 13.2. The summed E-state index contributed by atoms with van der Waals surface area (Å²) in [4.78, 5) is 16.4. The summed E-state index contributed by atoms with van der Waals surface area (Å²) in [5.41, 5.74) is -0.139. The second kappa shape index (κ2) is 8.35. The predicted molar refractivity (Wildman–Crippen MR) is 103 cm³/mol. The minimum absolute atomic E-state index is 0.149. The molecule has 1 heterocycles. The van der Waals surface area contributed by atoms with Gasteiger partial charge in [-0.1, -0.05) is 0 Å². The van der Waals surface area contributed by atoms with Gasteiger partial charge >= 0.3 is 0 Å². The number of amides is 1. The van der Waals surface area contributed by atoms with Crippen LogP contribution in [0.3, 0.4) is 0 Å². The molecular weight excluding hydrogens is 391 g/mol. The van der Waals surface area contributed by atoms with Crippen LogP contribution in [-0.4, -0.2) is 30.1 Å². The van der Waals surface area contributed by atoms with Crippen LogP contribution < -0.4 is 10.1 Å². The van der Waals surface area contributed by atoms with E-state index < -0.39 is 26.5 Å². The minimum atomic E-state index is -3.69. The maximum absolute atomic E-state index is 12.9. The average molecular weight is 415 g/mol. The second-order valence-corrected chi connectivity index (χ2v) is 10.4. The van der Waals surface area contributed by atoms with Gasteiger partial charge in [-0.3, -0.25) is 4.79 Å². The number of rotatable bonds is 7. The van der Waals surface area contributed by atoms with Crippen LogP contribution in [0.15, 0.2) is 29.6 Å². The van der Waals surface area contributed by atoms with Crippen molar-refractivity contribution in [2.24, 2.45) is 0 Å². The standard InChI is InChI=1S/C18H23FN2O4S2/c1-12(17(22)21-18(2,3)4)27(23,24)11-14-10-26-16(20-14)9-25-15-7-5-13(19)6-8-15/h5-8,10,12H,9,11H2,1-4H3,(H,21,22)/t12-/m1/s1. The number of nitrogens with one attached hydrogen (secondary N) is 1. The Morgan fingerprint density at radius 3 is 2.52 bits per heavy atom. The molecule has 27 heavy (non-hydrogen) atoms. The number of sulfone groups is 1. The van der Waals surface area contributed by atoms with E-state index in [4.69, 9.17) is 4.74 Å². The largest absolute Gasteiger partial charge is 0.486 e. The summed E-state index contributed by atoms with van der Waals surface area (Å²) in [6, 6.07) is 5.59. The maximum atomic E-state index is 12.9. The molecule has 0 aliphatic heterocycles. The zero-order valence-corrected chi connectivity index (χ0v) is 17.3. The van der Waals surface area contributed by atoms with Gasteiger partial charge in [0.2, 0.25) is 5.91 Å². The summed E-state index contributed by atoms with van der Waals surface area (Å²) in [6.07, 6.45) is 0. The summed E-state index contributed by atoms with van der Waals surface area (Å²) in [5.74, 6) is -0.710. The topological polar surface area (TPSA) is 85.4 Å². The van der Waals surface area contributed by atoms with Gasteiger partial charge in [0.15, 0.2) is 9.84 Å². The number of hydrogen-bond acceptors (Lipinski definition) is 6. The van der Waals surface area contributed by atoms with E-state index in [1.54, 1.807) is 26.2 Å². The van der Waals surface area contributed by atoms with Crippen LogP contribution in [0, 0.1) is 5.82 Å². The molecule has 0 fully saturated rings. The zero-order chi connectivity index (χ0) is 20.2. The van der Waals surface area contributed by atoms with Crippen molar-refractivity contribution in [1.29, 1.82) is 0 Å². The molecule has 1 aromatic carbocycles. The zero-order valence-electron chi connectivity index (χ0n) is 15.7. The summed E-state index contributed by atoms with van der Waals surface area (Å²) >= 11 is 1.27. The summed E-state index contributed by atoms with van der Waals surface area (Å²) in [7, 11) is -3.69. The van der Waals surface area contributed by atoms with E-state index in [0.717, 1.165) is 0 Å². The third-order valence-corrected chi connectivity index (χ3v) is 6.39. The van der Waals surface area contributed by atoms with E-state index >= 15 is 0 Å². The third kappa shape index (κ3) is 6.59. The number of carbonyl (C=O) groups is 1. The highest BCUT2D eigenvalue weighted by molar-refractivity contribution is 7.92. The van der Waals surface area contributed by atoms with Gasteiger partial charge < -0.3 is 10.1 Å². The Balaban J connectivity index is 1.97. The predicted octanol–water partition coefficient (Wildman–Crippen LogP) is 3.08. The van der Waals surface area contributed by atoms with Crippen LogP contribution in [0.2, 0.25) is 0 Å². The van der Waals surface area contributed by atoms with Crippen LogP contribution in [0.1, 0.15) is 38.4 Å². The first kappa shape index (κ1) is 21.3. The lowest BCUT2D eigenvalue weighted by atomic mass is 10.1. The van der Waals surface area contributed by atoms with Crippen LogP contribution in [0.25, 0.3) is 0 Å². The van der Waals surface area contributed by atoms with Gasteiger partial charge in [0.05, 0.1) is 11.4 Å². The van der Waals surface area contributed by atoms with Gasteiger partial charge in [0.25, 0.3) is 0 Å². The Kier molecular flexibility index (Phi) is 6.59. The van der Waals surface area contributed by atoms with Gasteiger partial charge in [0.1, 0.15) is 28.4 Å². The lowest BCUT2D eigenvalue weighted by Gasteiger charge is -2.23. The van der Waals surface area contributed by atoms with Crippen molar-refractivity contribution in [3.8, 4) is 5.75 Å².